The SMILES string of the molecule is Cc1cc(/C=C2/NC(=O)N(c3cccc(Cl)c3)C2=O)c(C)n1-c1cc(Cl)ccc1Cl. The van der Waals surface area contributed by atoms with E-state index in [2.05, 4.69) is 5.32 Å². The van der Waals surface area contributed by atoms with Gasteiger partial charge in [0.15, 0.2) is 0 Å². The normalized spacial score (nSPS) is 15.2. The van der Waals surface area contributed by atoms with Gasteiger partial charge in [0.05, 0.1) is 16.4 Å². The Kier molecular flexibility index (Phi) is 5.36. The smallest absolute Gasteiger partial charge is 0.316 e. The number of hydrogen-bond donors (Lipinski definition) is 1. The second-order valence-corrected chi connectivity index (χ2v) is 8.15. The van der Waals surface area contributed by atoms with E-state index in [9.17, 15) is 9.59 Å². The van der Waals surface area contributed by atoms with Gasteiger partial charge in [-0.2, -0.15) is 0 Å². The molecule has 0 saturated carbocycles. The summed E-state index contributed by atoms with van der Waals surface area (Å²) in [5.41, 5.74) is 3.87. The van der Waals surface area contributed by atoms with Gasteiger partial charge < -0.3 is 9.88 Å². The van der Waals surface area contributed by atoms with Crippen LogP contribution in [0.25, 0.3) is 11.8 Å². The fourth-order valence-corrected chi connectivity index (χ4v) is 4.05. The lowest BCUT2D eigenvalue weighted by Crippen LogP contribution is -2.30. The van der Waals surface area contributed by atoms with Crippen LogP contribution in [0.4, 0.5) is 10.5 Å². The average Bonchev–Trinajstić information content (AvgIpc) is 3.12. The van der Waals surface area contributed by atoms with Gasteiger partial charge in [0.1, 0.15) is 5.70 Å². The number of anilines is 1. The summed E-state index contributed by atoms with van der Waals surface area (Å²) in [6.45, 7) is 3.84. The van der Waals surface area contributed by atoms with Gasteiger partial charge in [0.25, 0.3) is 5.91 Å². The lowest BCUT2D eigenvalue weighted by molar-refractivity contribution is -0.113. The van der Waals surface area contributed by atoms with Crippen LogP contribution in [0.5, 0.6) is 0 Å². The number of aryl methyl sites for hydroxylation is 1. The van der Waals surface area contributed by atoms with Crippen LogP contribution < -0.4 is 10.2 Å². The molecule has 0 aliphatic carbocycles. The molecule has 1 aliphatic heterocycles. The number of carbonyl (C=O) groups is 2. The maximum Gasteiger partial charge on any atom is 0.333 e. The zero-order valence-corrected chi connectivity index (χ0v) is 18.3. The largest absolute Gasteiger partial charge is 0.333 e. The summed E-state index contributed by atoms with van der Waals surface area (Å²) < 4.78 is 1.95. The van der Waals surface area contributed by atoms with Gasteiger partial charge in [-0.3, -0.25) is 4.79 Å². The van der Waals surface area contributed by atoms with Gasteiger partial charge in [-0.1, -0.05) is 40.9 Å². The number of nitrogens with one attached hydrogen (secondary N) is 1. The summed E-state index contributed by atoms with van der Waals surface area (Å²) in [6.07, 6.45) is 1.65. The number of urea groups is 1. The molecule has 1 aromatic heterocycles. The number of carbonyl (C=O) groups excluding carboxylic acids is 2. The Bertz CT molecular complexity index is 1230. The van der Waals surface area contributed by atoms with Crippen molar-refractivity contribution < 1.29 is 9.59 Å². The molecule has 1 aliphatic rings. The van der Waals surface area contributed by atoms with E-state index in [4.69, 9.17) is 34.8 Å². The van der Waals surface area contributed by atoms with Crippen LogP contribution in [-0.2, 0) is 4.79 Å². The zero-order valence-electron chi connectivity index (χ0n) is 16.0. The standard InChI is InChI=1S/C22H16Cl3N3O2/c1-12-8-14(13(2)27(12)20-11-16(24)6-7-18(20)25)9-19-21(29)28(22(30)26-19)17-5-3-4-15(23)10-17/h3-11H,1-2H3,(H,26,30)/b19-9+. The number of benzene rings is 2. The second-order valence-electron chi connectivity index (χ2n) is 6.87. The van der Waals surface area contributed by atoms with Crippen molar-refractivity contribution in [1.82, 2.24) is 9.88 Å². The molecule has 0 unspecified atom stereocenters. The number of hydrogen-bond acceptors (Lipinski definition) is 2. The third-order valence-electron chi connectivity index (χ3n) is 4.86. The van der Waals surface area contributed by atoms with Crippen molar-refractivity contribution in [2.75, 3.05) is 4.90 Å². The van der Waals surface area contributed by atoms with Crippen molar-refractivity contribution in [3.05, 3.63) is 86.2 Å². The molecule has 2 heterocycles. The highest BCUT2D eigenvalue weighted by Gasteiger charge is 2.35. The highest BCUT2D eigenvalue weighted by atomic mass is 35.5. The minimum atomic E-state index is -0.528. The lowest BCUT2D eigenvalue weighted by Gasteiger charge is -2.12. The topological polar surface area (TPSA) is 54.3 Å². The molecule has 3 amide bonds. The van der Waals surface area contributed by atoms with Crippen molar-refractivity contribution in [2.45, 2.75) is 13.8 Å². The van der Waals surface area contributed by atoms with Crippen LogP contribution in [0.15, 0.2) is 54.2 Å². The number of rotatable bonds is 3. The van der Waals surface area contributed by atoms with Crippen LogP contribution >= 0.6 is 34.8 Å². The first-order valence-corrected chi connectivity index (χ1v) is 10.2. The number of halogens is 3. The molecule has 0 bridgehead atoms. The predicted octanol–water partition coefficient (Wildman–Crippen LogP) is 6.15. The maximum atomic E-state index is 12.9. The molecule has 0 spiro atoms. The van der Waals surface area contributed by atoms with E-state index in [1.807, 2.05) is 24.5 Å². The lowest BCUT2D eigenvalue weighted by atomic mass is 10.2. The number of nitrogens with zero attached hydrogens (tertiary/aromatic N) is 2. The third-order valence-corrected chi connectivity index (χ3v) is 5.65. The average molecular weight is 461 g/mol. The second kappa shape index (κ2) is 7.84. The van der Waals surface area contributed by atoms with Crippen molar-refractivity contribution in [3.8, 4) is 5.69 Å². The van der Waals surface area contributed by atoms with Crippen LogP contribution in [0, 0.1) is 13.8 Å². The fourth-order valence-electron chi connectivity index (χ4n) is 3.50. The summed E-state index contributed by atoms with van der Waals surface area (Å²) in [5.74, 6) is -0.451. The number of imide groups is 1. The predicted molar refractivity (Wildman–Crippen MR) is 121 cm³/mol. The summed E-state index contributed by atoms with van der Waals surface area (Å²) in [6, 6.07) is 13.2. The number of aromatic nitrogens is 1. The van der Waals surface area contributed by atoms with Gasteiger partial charge in [0, 0.05) is 21.4 Å². The summed E-state index contributed by atoms with van der Waals surface area (Å²) in [5, 5.41) is 4.19. The van der Waals surface area contributed by atoms with Gasteiger partial charge in [-0.25, -0.2) is 9.69 Å². The van der Waals surface area contributed by atoms with Crippen LogP contribution in [0.1, 0.15) is 17.0 Å². The molecule has 0 radical (unpaired) electrons. The molecule has 2 aromatic carbocycles. The molecule has 8 heteroatoms. The highest BCUT2D eigenvalue weighted by molar-refractivity contribution is 6.34. The van der Waals surface area contributed by atoms with Crippen LogP contribution in [-0.4, -0.2) is 16.5 Å². The third kappa shape index (κ3) is 3.60. The van der Waals surface area contributed by atoms with E-state index < -0.39 is 11.9 Å². The van der Waals surface area contributed by atoms with Crippen molar-refractivity contribution in [3.63, 3.8) is 0 Å². The molecule has 1 fully saturated rings. The minimum Gasteiger partial charge on any atom is -0.316 e. The molecule has 3 aromatic rings. The van der Waals surface area contributed by atoms with Crippen molar-refractivity contribution in [1.29, 1.82) is 0 Å². The Balaban J connectivity index is 1.73. The summed E-state index contributed by atoms with van der Waals surface area (Å²) >= 11 is 18.5. The Morgan fingerprint density at radius 1 is 0.933 bits per heavy atom. The van der Waals surface area contributed by atoms with Gasteiger partial charge in [-0.15, -0.1) is 0 Å². The first kappa shape index (κ1) is 20.5. The van der Waals surface area contributed by atoms with Crippen molar-refractivity contribution in [2.24, 2.45) is 0 Å². The monoisotopic (exact) mass is 459 g/mol. The van der Waals surface area contributed by atoms with Crippen molar-refractivity contribution >= 4 is 58.5 Å². The molecule has 0 atom stereocenters. The van der Waals surface area contributed by atoms with E-state index in [1.165, 1.54) is 0 Å². The van der Waals surface area contributed by atoms with E-state index in [1.54, 1.807) is 48.5 Å². The molecule has 1 saturated heterocycles. The van der Waals surface area contributed by atoms with Crippen LogP contribution in [0.3, 0.4) is 0 Å². The Morgan fingerprint density at radius 3 is 2.40 bits per heavy atom. The molecule has 152 valence electrons. The van der Waals surface area contributed by atoms with Gasteiger partial charge in [0.2, 0.25) is 0 Å². The van der Waals surface area contributed by atoms with E-state index in [-0.39, 0.29) is 5.70 Å². The number of amides is 3. The summed E-state index contributed by atoms with van der Waals surface area (Å²) in [4.78, 5) is 26.4. The first-order valence-electron chi connectivity index (χ1n) is 9.03. The van der Waals surface area contributed by atoms with Gasteiger partial charge >= 0.3 is 6.03 Å². The summed E-state index contributed by atoms with van der Waals surface area (Å²) in [7, 11) is 0. The Morgan fingerprint density at radius 2 is 1.67 bits per heavy atom. The molecule has 5 nitrogen and oxygen atoms in total. The molecule has 4 rings (SSSR count). The molecular weight excluding hydrogens is 445 g/mol. The quantitative estimate of drug-likeness (QED) is 0.376. The maximum absolute atomic E-state index is 12.9. The highest BCUT2D eigenvalue weighted by Crippen LogP contribution is 2.31. The van der Waals surface area contributed by atoms with E-state index in [0.717, 1.165) is 27.5 Å². The first-order chi connectivity index (χ1) is 14.3. The Labute approximate surface area is 188 Å². The van der Waals surface area contributed by atoms with E-state index in [0.29, 0.717) is 20.8 Å². The minimum absolute atomic E-state index is 0.178. The Hall–Kier alpha value is -2.73. The molecular formula is C22H16Cl3N3O2. The fraction of sp³-hybridized carbons (Fsp3) is 0.0909. The van der Waals surface area contributed by atoms with Gasteiger partial charge in [-0.05, 0) is 68.0 Å². The zero-order chi connectivity index (χ0) is 21.6. The molecule has 1 N–H and O–H groups in total. The van der Waals surface area contributed by atoms with Crippen LogP contribution in [0.2, 0.25) is 15.1 Å². The van der Waals surface area contributed by atoms with E-state index >= 15 is 0 Å². The molecule has 30 heavy (non-hydrogen) atoms.